The van der Waals surface area contributed by atoms with Gasteiger partial charge in [0.15, 0.2) is 5.16 Å². The number of aromatic nitrogens is 2. The molecule has 1 amide bonds. The number of nitrogens with one attached hydrogen (secondary N) is 1. The van der Waals surface area contributed by atoms with E-state index < -0.39 is 17.5 Å². The van der Waals surface area contributed by atoms with E-state index in [1.165, 1.54) is 6.07 Å². The van der Waals surface area contributed by atoms with E-state index in [-0.39, 0.29) is 11.4 Å². The third kappa shape index (κ3) is 4.41. The molecule has 0 bridgehead atoms. The molecule has 29 heavy (non-hydrogen) atoms. The maximum atomic E-state index is 13.7. The minimum atomic E-state index is -0.823. The number of amides is 1. The number of carbonyl (C=O) groups is 1. The maximum absolute atomic E-state index is 13.7. The van der Waals surface area contributed by atoms with Gasteiger partial charge in [-0.15, -0.1) is 0 Å². The van der Waals surface area contributed by atoms with E-state index in [0.29, 0.717) is 5.16 Å². The average Bonchev–Trinajstić information content (AvgIpc) is 2.74. The van der Waals surface area contributed by atoms with Crippen LogP contribution < -0.4 is 5.32 Å². The van der Waals surface area contributed by atoms with Crippen molar-refractivity contribution in [3.63, 3.8) is 0 Å². The second kappa shape index (κ2) is 8.36. The van der Waals surface area contributed by atoms with E-state index in [1.807, 2.05) is 54.6 Å². The number of hydrogen-bond donors (Lipinski definition) is 1. The molecule has 0 unspecified atom stereocenters. The van der Waals surface area contributed by atoms with Gasteiger partial charge in [-0.2, -0.15) is 0 Å². The molecule has 7 heteroatoms. The van der Waals surface area contributed by atoms with Crippen LogP contribution in [0.4, 0.5) is 14.5 Å². The van der Waals surface area contributed by atoms with Crippen LogP contribution in [-0.4, -0.2) is 21.6 Å². The van der Waals surface area contributed by atoms with Crippen molar-refractivity contribution in [3.05, 3.63) is 84.4 Å². The molecule has 0 radical (unpaired) electrons. The summed E-state index contributed by atoms with van der Waals surface area (Å²) in [5, 5.41) is 3.79. The summed E-state index contributed by atoms with van der Waals surface area (Å²) in [4.78, 5) is 21.3. The van der Waals surface area contributed by atoms with Crippen molar-refractivity contribution in [2.24, 2.45) is 0 Å². The highest BCUT2D eigenvalue weighted by Gasteiger charge is 2.13. The standard InChI is InChI=1S/C22H15F2N3OS/c23-15-10-11-19(17(24)12-15)25-20(28)13-29-22-26-18-9-5-4-8-16(18)21(27-22)14-6-2-1-3-7-14/h1-12H,13H2,(H,25,28). The molecule has 0 spiro atoms. The molecule has 0 atom stereocenters. The summed E-state index contributed by atoms with van der Waals surface area (Å²) in [6.07, 6.45) is 0. The van der Waals surface area contributed by atoms with Crippen LogP contribution >= 0.6 is 11.8 Å². The minimum absolute atomic E-state index is 0.0105. The Hall–Kier alpha value is -3.32. The van der Waals surface area contributed by atoms with Crippen molar-refractivity contribution in [3.8, 4) is 11.3 Å². The molecule has 144 valence electrons. The smallest absolute Gasteiger partial charge is 0.234 e. The van der Waals surface area contributed by atoms with Gasteiger partial charge in [-0.1, -0.05) is 60.3 Å². The quantitative estimate of drug-likeness (QED) is 0.360. The van der Waals surface area contributed by atoms with E-state index in [9.17, 15) is 13.6 Å². The number of anilines is 1. The number of halogens is 2. The first-order valence-corrected chi connectivity index (χ1v) is 9.78. The molecule has 1 N–H and O–H groups in total. The Morgan fingerprint density at radius 3 is 2.48 bits per heavy atom. The largest absolute Gasteiger partial charge is 0.323 e. The number of hydrogen-bond acceptors (Lipinski definition) is 4. The molecule has 1 heterocycles. The fourth-order valence-electron chi connectivity index (χ4n) is 2.84. The van der Waals surface area contributed by atoms with Crippen molar-refractivity contribution in [1.82, 2.24) is 9.97 Å². The van der Waals surface area contributed by atoms with Gasteiger partial charge in [0.05, 0.1) is 22.7 Å². The van der Waals surface area contributed by atoms with Gasteiger partial charge in [0.25, 0.3) is 0 Å². The number of thioether (sulfide) groups is 1. The Kier molecular flexibility index (Phi) is 5.48. The predicted octanol–water partition coefficient (Wildman–Crippen LogP) is 5.31. The van der Waals surface area contributed by atoms with Gasteiger partial charge in [0.1, 0.15) is 11.6 Å². The van der Waals surface area contributed by atoms with Crippen LogP contribution in [0.1, 0.15) is 0 Å². The molecular weight excluding hydrogens is 392 g/mol. The third-order valence-corrected chi connectivity index (χ3v) is 5.01. The van der Waals surface area contributed by atoms with Crippen molar-refractivity contribution in [2.75, 3.05) is 11.1 Å². The van der Waals surface area contributed by atoms with Crippen LogP contribution in [0.15, 0.2) is 78.0 Å². The zero-order valence-electron chi connectivity index (χ0n) is 15.1. The van der Waals surface area contributed by atoms with E-state index in [0.717, 1.165) is 46.1 Å². The number of rotatable bonds is 5. The maximum Gasteiger partial charge on any atom is 0.234 e. The van der Waals surface area contributed by atoms with Crippen LogP contribution in [0.5, 0.6) is 0 Å². The van der Waals surface area contributed by atoms with Gasteiger partial charge in [-0.25, -0.2) is 18.7 Å². The SMILES string of the molecule is O=C(CSc1nc(-c2ccccc2)c2ccccc2n1)Nc1ccc(F)cc1F. The second-order valence-electron chi connectivity index (χ2n) is 6.20. The molecule has 0 aliphatic heterocycles. The lowest BCUT2D eigenvalue weighted by molar-refractivity contribution is -0.113. The molecule has 3 aromatic carbocycles. The fourth-order valence-corrected chi connectivity index (χ4v) is 3.49. The van der Waals surface area contributed by atoms with Crippen LogP contribution in [0, 0.1) is 11.6 Å². The highest BCUT2D eigenvalue weighted by molar-refractivity contribution is 7.99. The van der Waals surface area contributed by atoms with Crippen molar-refractivity contribution in [1.29, 1.82) is 0 Å². The Balaban J connectivity index is 1.56. The highest BCUT2D eigenvalue weighted by Crippen LogP contribution is 2.28. The zero-order chi connectivity index (χ0) is 20.2. The first-order valence-electron chi connectivity index (χ1n) is 8.80. The summed E-state index contributed by atoms with van der Waals surface area (Å²) in [5.41, 5.74) is 2.43. The molecule has 0 fully saturated rings. The number of para-hydroxylation sites is 1. The second-order valence-corrected chi connectivity index (χ2v) is 7.14. The Bertz CT molecular complexity index is 1190. The van der Waals surface area contributed by atoms with Crippen molar-refractivity contribution in [2.45, 2.75) is 5.16 Å². The van der Waals surface area contributed by atoms with Crippen LogP contribution in [0.2, 0.25) is 0 Å². The lowest BCUT2D eigenvalue weighted by Gasteiger charge is -2.09. The lowest BCUT2D eigenvalue weighted by Crippen LogP contribution is -2.15. The van der Waals surface area contributed by atoms with Crippen molar-refractivity contribution >= 4 is 34.3 Å². The van der Waals surface area contributed by atoms with Gasteiger partial charge in [-0.3, -0.25) is 4.79 Å². The molecule has 0 aliphatic carbocycles. The number of nitrogens with zero attached hydrogens (tertiary/aromatic N) is 2. The topological polar surface area (TPSA) is 54.9 Å². The molecule has 4 rings (SSSR count). The summed E-state index contributed by atoms with van der Waals surface area (Å²) in [5.74, 6) is -1.97. The minimum Gasteiger partial charge on any atom is -0.323 e. The Labute approximate surface area is 170 Å². The summed E-state index contributed by atoms with van der Waals surface area (Å²) < 4.78 is 26.7. The van der Waals surface area contributed by atoms with E-state index >= 15 is 0 Å². The lowest BCUT2D eigenvalue weighted by atomic mass is 10.1. The summed E-state index contributed by atoms with van der Waals surface area (Å²) >= 11 is 1.15. The first-order chi connectivity index (χ1) is 14.1. The van der Waals surface area contributed by atoms with E-state index in [1.54, 1.807) is 0 Å². The molecule has 4 aromatic rings. The molecule has 1 aromatic heterocycles. The Morgan fingerprint density at radius 1 is 0.931 bits per heavy atom. The summed E-state index contributed by atoms with van der Waals surface area (Å²) in [6.45, 7) is 0. The van der Waals surface area contributed by atoms with Gasteiger partial charge in [0, 0.05) is 17.0 Å². The summed E-state index contributed by atoms with van der Waals surface area (Å²) in [6, 6.07) is 20.4. The third-order valence-electron chi connectivity index (χ3n) is 4.17. The normalized spacial score (nSPS) is 10.8. The van der Waals surface area contributed by atoms with Gasteiger partial charge in [-0.05, 0) is 18.2 Å². The number of benzene rings is 3. The van der Waals surface area contributed by atoms with E-state index in [4.69, 9.17) is 0 Å². The molecule has 0 saturated carbocycles. The molecule has 4 nitrogen and oxygen atoms in total. The first kappa shape index (κ1) is 19.0. The summed E-state index contributed by atoms with van der Waals surface area (Å²) in [7, 11) is 0. The predicted molar refractivity (Wildman–Crippen MR) is 111 cm³/mol. The van der Waals surface area contributed by atoms with Crippen LogP contribution in [0.3, 0.4) is 0 Å². The van der Waals surface area contributed by atoms with E-state index in [2.05, 4.69) is 15.3 Å². The molecule has 0 aliphatic rings. The molecular formula is C22H15F2N3OS. The van der Waals surface area contributed by atoms with Crippen LogP contribution in [-0.2, 0) is 4.79 Å². The van der Waals surface area contributed by atoms with Gasteiger partial charge >= 0.3 is 0 Å². The van der Waals surface area contributed by atoms with Gasteiger partial charge in [0.2, 0.25) is 5.91 Å². The fraction of sp³-hybridized carbons (Fsp3) is 0.0455. The molecule has 0 saturated heterocycles. The average molecular weight is 407 g/mol. The monoisotopic (exact) mass is 407 g/mol. The highest BCUT2D eigenvalue weighted by atomic mass is 32.2. The number of fused-ring (bicyclic) bond motifs is 1. The van der Waals surface area contributed by atoms with Gasteiger partial charge < -0.3 is 5.32 Å². The van der Waals surface area contributed by atoms with Crippen molar-refractivity contribution < 1.29 is 13.6 Å². The van der Waals surface area contributed by atoms with Crippen LogP contribution in [0.25, 0.3) is 22.2 Å². The zero-order valence-corrected chi connectivity index (χ0v) is 15.9. The number of carbonyl (C=O) groups excluding carboxylic acids is 1. The Morgan fingerprint density at radius 2 is 1.69 bits per heavy atom.